The van der Waals surface area contributed by atoms with Crippen LogP contribution in [-0.4, -0.2) is 34.5 Å². The van der Waals surface area contributed by atoms with Gasteiger partial charge in [0, 0.05) is 13.7 Å². The summed E-state index contributed by atoms with van der Waals surface area (Å²) in [5, 5.41) is 3.69. The molecule has 2 aromatic carbocycles. The lowest BCUT2D eigenvalue weighted by Crippen LogP contribution is -2.31. The molecule has 2 rings (SSSR count). The van der Waals surface area contributed by atoms with Crippen molar-refractivity contribution < 1.29 is 14.2 Å². The second kappa shape index (κ2) is 10.2. The van der Waals surface area contributed by atoms with E-state index in [0.29, 0.717) is 18.4 Å². The van der Waals surface area contributed by atoms with Gasteiger partial charge < -0.3 is 19.5 Å². The molecule has 0 radical (unpaired) electrons. The zero-order chi connectivity index (χ0) is 18.9. The van der Waals surface area contributed by atoms with Crippen LogP contribution in [0.2, 0.25) is 0 Å². The van der Waals surface area contributed by atoms with Gasteiger partial charge in [-0.05, 0) is 35.1 Å². The van der Waals surface area contributed by atoms with Gasteiger partial charge in [0.05, 0.1) is 26.9 Å². The maximum Gasteiger partial charge on any atom is 0.160 e. The number of nitrogens with one attached hydrogen (secondary N) is 1. The zero-order valence-electron chi connectivity index (χ0n) is 16.5. The second-order valence-electron chi connectivity index (χ2n) is 6.79. The van der Waals surface area contributed by atoms with E-state index in [0.717, 1.165) is 18.0 Å². The number of ether oxygens (including phenoxy) is 3. The fourth-order valence-electron chi connectivity index (χ4n) is 3.22. The Morgan fingerprint density at radius 3 is 2.12 bits per heavy atom. The molecule has 0 fully saturated rings. The van der Waals surface area contributed by atoms with Gasteiger partial charge >= 0.3 is 0 Å². The molecule has 0 aliphatic rings. The number of hydrogen-bond acceptors (Lipinski definition) is 4. The smallest absolute Gasteiger partial charge is 0.160 e. The van der Waals surface area contributed by atoms with Crippen molar-refractivity contribution in [1.29, 1.82) is 0 Å². The third-order valence-electron chi connectivity index (χ3n) is 4.76. The molecule has 4 heteroatoms. The minimum atomic E-state index is 0.169. The average molecular weight is 357 g/mol. The topological polar surface area (TPSA) is 39.7 Å². The first-order valence-electron chi connectivity index (χ1n) is 9.09. The van der Waals surface area contributed by atoms with E-state index in [2.05, 4.69) is 55.6 Å². The highest BCUT2D eigenvalue weighted by Crippen LogP contribution is 2.33. The van der Waals surface area contributed by atoms with Gasteiger partial charge in [0.2, 0.25) is 0 Å². The Bertz CT molecular complexity index is 658. The lowest BCUT2D eigenvalue weighted by Gasteiger charge is -2.26. The van der Waals surface area contributed by atoms with Crippen molar-refractivity contribution in [1.82, 2.24) is 5.32 Å². The van der Waals surface area contributed by atoms with Gasteiger partial charge in [-0.1, -0.05) is 50.2 Å². The Morgan fingerprint density at radius 2 is 1.54 bits per heavy atom. The fourth-order valence-corrected chi connectivity index (χ4v) is 3.22. The summed E-state index contributed by atoms with van der Waals surface area (Å²) in [5.41, 5.74) is 2.48. The molecule has 0 bridgehead atoms. The molecule has 1 N–H and O–H groups in total. The predicted molar refractivity (Wildman–Crippen MR) is 106 cm³/mol. The Balaban J connectivity index is 2.17. The van der Waals surface area contributed by atoms with E-state index in [1.54, 1.807) is 21.3 Å². The first kappa shape index (κ1) is 20.3. The Labute approximate surface area is 157 Å². The van der Waals surface area contributed by atoms with Crippen molar-refractivity contribution >= 4 is 0 Å². The van der Waals surface area contributed by atoms with Crippen LogP contribution in [0.4, 0.5) is 0 Å². The van der Waals surface area contributed by atoms with E-state index >= 15 is 0 Å². The van der Waals surface area contributed by atoms with E-state index in [1.807, 2.05) is 12.1 Å². The van der Waals surface area contributed by atoms with E-state index in [-0.39, 0.29) is 6.04 Å². The van der Waals surface area contributed by atoms with Crippen LogP contribution in [-0.2, 0) is 4.74 Å². The molecular formula is C22H31NO3. The van der Waals surface area contributed by atoms with Crippen molar-refractivity contribution in [2.24, 2.45) is 5.92 Å². The SMILES string of the molecule is COC[C@H](NC[C@H](c1ccc(OC)c(OC)c1)C(C)C)c1ccccc1. The highest BCUT2D eigenvalue weighted by Gasteiger charge is 2.20. The minimum Gasteiger partial charge on any atom is -0.493 e. The fraction of sp³-hybridized carbons (Fsp3) is 0.455. The molecule has 2 aromatic rings. The van der Waals surface area contributed by atoms with Gasteiger partial charge in [-0.3, -0.25) is 0 Å². The summed E-state index contributed by atoms with van der Waals surface area (Å²) in [5.74, 6) is 2.37. The van der Waals surface area contributed by atoms with Crippen LogP contribution in [0.15, 0.2) is 48.5 Å². The molecule has 0 spiro atoms. The molecular weight excluding hydrogens is 326 g/mol. The molecule has 2 atom stereocenters. The highest BCUT2D eigenvalue weighted by molar-refractivity contribution is 5.44. The molecule has 0 heterocycles. The third-order valence-corrected chi connectivity index (χ3v) is 4.76. The van der Waals surface area contributed by atoms with Gasteiger partial charge in [0.15, 0.2) is 11.5 Å². The van der Waals surface area contributed by atoms with Crippen LogP contribution in [0, 0.1) is 5.92 Å². The Kier molecular flexibility index (Phi) is 7.95. The van der Waals surface area contributed by atoms with E-state index < -0.39 is 0 Å². The number of rotatable bonds is 10. The quantitative estimate of drug-likeness (QED) is 0.683. The van der Waals surface area contributed by atoms with E-state index in [1.165, 1.54) is 11.1 Å². The standard InChI is InChI=1S/C22H31NO3/c1-16(2)19(18-11-12-21(25-4)22(13-18)26-5)14-23-20(15-24-3)17-9-7-6-8-10-17/h6-13,16,19-20,23H,14-15H2,1-5H3/t19-,20-/m0/s1. The van der Waals surface area contributed by atoms with Crippen molar-refractivity contribution in [2.75, 3.05) is 34.5 Å². The maximum absolute atomic E-state index is 5.47. The molecule has 26 heavy (non-hydrogen) atoms. The van der Waals surface area contributed by atoms with Crippen LogP contribution in [0.25, 0.3) is 0 Å². The summed E-state index contributed by atoms with van der Waals surface area (Å²) >= 11 is 0. The molecule has 0 saturated carbocycles. The summed E-state index contributed by atoms with van der Waals surface area (Å²) in [6, 6.07) is 16.8. The summed E-state index contributed by atoms with van der Waals surface area (Å²) in [6.45, 7) is 5.99. The van der Waals surface area contributed by atoms with Gasteiger partial charge in [-0.2, -0.15) is 0 Å². The molecule has 0 unspecified atom stereocenters. The van der Waals surface area contributed by atoms with Crippen LogP contribution < -0.4 is 14.8 Å². The van der Waals surface area contributed by atoms with Gasteiger partial charge in [0.1, 0.15) is 0 Å². The van der Waals surface area contributed by atoms with E-state index in [4.69, 9.17) is 14.2 Å². The number of hydrogen-bond donors (Lipinski definition) is 1. The van der Waals surface area contributed by atoms with Crippen molar-refractivity contribution in [3.05, 3.63) is 59.7 Å². The highest BCUT2D eigenvalue weighted by atomic mass is 16.5. The predicted octanol–water partition coefficient (Wildman–Crippen LogP) is 4.42. The minimum absolute atomic E-state index is 0.169. The normalized spacial score (nSPS) is 13.5. The van der Waals surface area contributed by atoms with Crippen LogP contribution in [0.3, 0.4) is 0 Å². The monoisotopic (exact) mass is 357 g/mol. The average Bonchev–Trinajstić information content (AvgIpc) is 2.67. The second-order valence-corrected chi connectivity index (χ2v) is 6.79. The lowest BCUT2D eigenvalue weighted by atomic mass is 9.87. The number of benzene rings is 2. The lowest BCUT2D eigenvalue weighted by molar-refractivity contribution is 0.165. The molecule has 0 amide bonds. The summed E-state index contributed by atoms with van der Waals surface area (Å²) in [4.78, 5) is 0. The Morgan fingerprint density at radius 1 is 0.846 bits per heavy atom. The zero-order valence-corrected chi connectivity index (χ0v) is 16.5. The number of methoxy groups -OCH3 is 3. The largest absolute Gasteiger partial charge is 0.493 e. The maximum atomic E-state index is 5.47. The van der Waals surface area contributed by atoms with Crippen molar-refractivity contribution in [3.8, 4) is 11.5 Å². The first-order chi connectivity index (χ1) is 12.6. The van der Waals surface area contributed by atoms with E-state index in [9.17, 15) is 0 Å². The van der Waals surface area contributed by atoms with Gasteiger partial charge in [-0.25, -0.2) is 0 Å². The Hall–Kier alpha value is -2.04. The van der Waals surface area contributed by atoms with Crippen LogP contribution >= 0.6 is 0 Å². The molecule has 0 saturated heterocycles. The first-order valence-corrected chi connectivity index (χ1v) is 9.09. The summed E-state index contributed by atoms with van der Waals surface area (Å²) in [7, 11) is 5.08. The third kappa shape index (κ3) is 5.23. The van der Waals surface area contributed by atoms with Crippen molar-refractivity contribution in [3.63, 3.8) is 0 Å². The summed E-state index contributed by atoms with van der Waals surface area (Å²) in [6.07, 6.45) is 0. The molecule has 0 aliphatic heterocycles. The molecule has 0 aromatic heterocycles. The van der Waals surface area contributed by atoms with Gasteiger partial charge in [-0.15, -0.1) is 0 Å². The molecule has 0 aliphatic carbocycles. The molecule has 4 nitrogen and oxygen atoms in total. The van der Waals surface area contributed by atoms with Crippen molar-refractivity contribution in [2.45, 2.75) is 25.8 Å². The summed E-state index contributed by atoms with van der Waals surface area (Å²) < 4.78 is 16.3. The van der Waals surface area contributed by atoms with Gasteiger partial charge in [0.25, 0.3) is 0 Å². The van der Waals surface area contributed by atoms with Crippen LogP contribution in [0.5, 0.6) is 11.5 Å². The molecule has 142 valence electrons. The van der Waals surface area contributed by atoms with Crippen LogP contribution in [0.1, 0.15) is 36.9 Å².